The van der Waals surface area contributed by atoms with Gasteiger partial charge in [-0.2, -0.15) is 0 Å². The Morgan fingerprint density at radius 3 is 2.40 bits per heavy atom. The second kappa shape index (κ2) is 3.58. The quantitative estimate of drug-likeness (QED) is 0.492. The summed E-state index contributed by atoms with van der Waals surface area (Å²) in [5.41, 5.74) is 2.12. The van der Waals surface area contributed by atoms with Gasteiger partial charge in [0.05, 0.1) is 0 Å². The summed E-state index contributed by atoms with van der Waals surface area (Å²) in [6.07, 6.45) is 2.18. The third kappa shape index (κ3) is 3.47. The lowest BCUT2D eigenvalue weighted by atomic mass is 9.95. The Labute approximate surface area is 62.4 Å². The van der Waals surface area contributed by atoms with Crippen LogP contribution in [0.5, 0.6) is 0 Å². The maximum absolute atomic E-state index is 12.8. The average molecular weight is 141 g/mol. The third-order valence-electron chi connectivity index (χ3n) is 1.03. The molecule has 10 heavy (non-hydrogen) atoms. The zero-order valence-electron chi connectivity index (χ0n) is 6.87. The van der Waals surface area contributed by atoms with Crippen LogP contribution in [0.4, 0.5) is 4.39 Å². The highest BCUT2D eigenvalue weighted by Gasteiger charge is 2.15. The second-order valence-electron chi connectivity index (χ2n) is 3.20. The van der Waals surface area contributed by atoms with Gasteiger partial charge in [-0.3, -0.25) is 0 Å². The molecule has 0 N–H and O–H groups in total. The molecule has 0 aliphatic heterocycles. The van der Waals surface area contributed by atoms with Crippen molar-refractivity contribution in [3.8, 4) is 0 Å². The van der Waals surface area contributed by atoms with Gasteiger partial charge in [0, 0.05) is 5.41 Å². The largest absolute Gasteiger partial charge is 0.202 e. The highest BCUT2D eigenvalue weighted by molar-refractivity contribution is 5.01. The molecule has 0 bridgehead atoms. The fourth-order valence-corrected chi connectivity index (χ4v) is 0.378. The van der Waals surface area contributed by atoms with Crippen molar-refractivity contribution in [2.75, 3.05) is 0 Å². The van der Waals surface area contributed by atoms with E-state index in [0.29, 0.717) is 6.42 Å². The third-order valence-corrected chi connectivity index (χ3v) is 1.03. The molecule has 0 atom stereocenters. The molecule has 0 unspecified atom stereocenters. The SMILES string of the molecule is [CH2]CC=C=C(F)C(C)(C)C. The first-order chi connectivity index (χ1) is 4.48. The smallest absolute Gasteiger partial charge is 0.147 e. The molecule has 57 valence electrons. The minimum Gasteiger partial charge on any atom is -0.202 e. The van der Waals surface area contributed by atoms with Gasteiger partial charge in [0.1, 0.15) is 5.83 Å². The summed E-state index contributed by atoms with van der Waals surface area (Å²) in [7, 11) is 0. The first kappa shape index (κ1) is 9.45. The Morgan fingerprint density at radius 1 is 1.60 bits per heavy atom. The molecular weight excluding hydrogens is 127 g/mol. The van der Waals surface area contributed by atoms with Crippen molar-refractivity contribution in [1.82, 2.24) is 0 Å². The van der Waals surface area contributed by atoms with Crippen molar-refractivity contribution in [2.24, 2.45) is 5.41 Å². The van der Waals surface area contributed by atoms with Crippen LogP contribution < -0.4 is 0 Å². The van der Waals surface area contributed by atoms with Gasteiger partial charge in [0.25, 0.3) is 0 Å². The Hall–Kier alpha value is -0.550. The molecule has 0 saturated heterocycles. The van der Waals surface area contributed by atoms with E-state index >= 15 is 0 Å². The minimum absolute atomic E-state index is 0.212. The first-order valence-corrected chi connectivity index (χ1v) is 3.39. The summed E-state index contributed by atoms with van der Waals surface area (Å²) in [6.45, 7) is 8.98. The number of hydrogen-bond donors (Lipinski definition) is 0. The van der Waals surface area contributed by atoms with E-state index in [9.17, 15) is 4.39 Å². The van der Waals surface area contributed by atoms with Crippen LogP contribution in [-0.2, 0) is 0 Å². The first-order valence-electron chi connectivity index (χ1n) is 3.39. The lowest BCUT2D eigenvalue weighted by molar-refractivity contribution is 0.385. The predicted octanol–water partition coefficient (Wildman–Crippen LogP) is 3.27. The van der Waals surface area contributed by atoms with E-state index in [-0.39, 0.29) is 5.83 Å². The zero-order chi connectivity index (χ0) is 8.20. The van der Waals surface area contributed by atoms with Crippen LogP contribution in [-0.4, -0.2) is 0 Å². The van der Waals surface area contributed by atoms with Gasteiger partial charge >= 0.3 is 0 Å². The van der Waals surface area contributed by atoms with Gasteiger partial charge in [0.15, 0.2) is 0 Å². The van der Waals surface area contributed by atoms with E-state index in [1.54, 1.807) is 6.08 Å². The van der Waals surface area contributed by atoms with Crippen LogP contribution in [0.1, 0.15) is 27.2 Å². The van der Waals surface area contributed by atoms with Gasteiger partial charge in [-0.15, -0.1) is 0 Å². The van der Waals surface area contributed by atoms with Crippen LogP contribution in [0.15, 0.2) is 17.6 Å². The molecule has 0 aliphatic rings. The molecule has 0 aliphatic carbocycles. The molecule has 0 spiro atoms. The fourth-order valence-electron chi connectivity index (χ4n) is 0.378. The molecule has 0 nitrogen and oxygen atoms in total. The Balaban J connectivity index is 4.34. The molecule has 1 heteroatoms. The van der Waals surface area contributed by atoms with E-state index in [1.165, 1.54) is 0 Å². The molecule has 0 aromatic heterocycles. The average Bonchev–Trinajstić information content (AvgIpc) is 1.80. The summed E-state index contributed by atoms with van der Waals surface area (Å²) in [6, 6.07) is 0. The summed E-state index contributed by atoms with van der Waals surface area (Å²) in [5.74, 6) is -0.212. The maximum Gasteiger partial charge on any atom is 0.147 e. The van der Waals surface area contributed by atoms with Crippen molar-refractivity contribution in [2.45, 2.75) is 27.2 Å². The molecule has 0 aromatic rings. The van der Waals surface area contributed by atoms with Crippen molar-refractivity contribution in [1.29, 1.82) is 0 Å². The Kier molecular flexibility index (Phi) is 3.38. The number of hydrogen-bond acceptors (Lipinski definition) is 0. The normalized spacial score (nSPS) is 10.5. The zero-order valence-corrected chi connectivity index (χ0v) is 6.87. The summed E-state index contributed by atoms with van der Waals surface area (Å²) in [5, 5.41) is 0. The lowest BCUT2D eigenvalue weighted by Gasteiger charge is -2.12. The summed E-state index contributed by atoms with van der Waals surface area (Å²) < 4.78 is 12.8. The molecule has 0 fully saturated rings. The van der Waals surface area contributed by atoms with Crippen molar-refractivity contribution >= 4 is 0 Å². The van der Waals surface area contributed by atoms with Crippen molar-refractivity contribution < 1.29 is 4.39 Å². The molecule has 0 rings (SSSR count). The van der Waals surface area contributed by atoms with Crippen molar-refractivity contribution in [3.05, 3.63) is 24.6 Å². The molecule has 0 saturated carbocycles. The summed E-state index contributed by atoms with van der Waals surface area (Å²) in [4.78, 5) is 0. The van der Waals surface area contributed by atoms with Gasteiger partial charge in [0.2, 0.25) is 0 Å². The molecular formula is C9H14F. The predicted molar refractivity (Wildman–Crippen MR) is 42.1 cm³/mol. The highest BCUT2D eigenvalue weighted by Crippen LogP contribution is 2.24. The van der Waals surface area contributed by atoms with Crippen LogP contribution in [0, 0.1) is 12.3 Å². The summed E-state index contributed by atoms with van der Waals surface area (Å²) >= 11 is 0. The topological polar surface area (TPSA) is 0 Å². The Morgan fingerprint density at radius 2 is 2.10 bits per heavy atom. The minimum atomic E-state index is -0.411. The number of allylic oxidation sites excluding steroid dienone is 1. The number of halogens is 1. The van der Waals surface area contributed by atoms with E-state index in [1.807, 2.05) is 20.8 Å². The second-order valence-corrected chi connectivity index (χ2v) is 3.20. The fraction of sp³-hybridized carbons (Fsp3) is 0.556. The van der Waals surface area contributed by atoms with E-state index < -0.39 is 5.41 Å². The van der Waals surface area contributed by atoms with Crippen LogP contribution >= 0.6 is 0 Å². The van der Waals surface area contributed by atoms with Gasteiger partial charge in [-0.1, -0.05) is 26.5 Å². The van der Waals surface area contributed by atoms with E-state index in [0.717, 1.165) is 0 Å². The molecule has 0 amide bonds. The molecule has 1 radical (unpaired) electrons. The number of rotatable bonds is 1. The van der Waals surface area contributed by atoms with Crippen LogP contribution in [0.25, 0.3) is 0 Å². The standard InChI is InChI=1S/C9H14F/c1-5-6-7-8(10)9(2,3)4/h6H,1,5H2,2-4H3. The maximum atomic E-state index is 12.8. The Bertz CT molecular complexity index is 154. The van der Waals surface area contributed by atoms with Gasteiger partial charge < -0.3 is 0 Å². The van der Waals surface area contributed by atoms with Gasteiger partial charge in [-0.05, 0) is 19.4 Å². The molecule has 0 aromatic carbocycles. The van der Waals surface area contributed by atoms with Crippen LogP contribution in [0.2, 0.25) is 0 Å². The van der Waals surface area contributed by atoms with Crippen LogP contribution in [0.3, 0.4) is 0 Å². The van der Waals surface area contributed by atoms with Crippen molar-refractivity contribution in [3.63, 3.8) is 0 Å². The monoisotopic (exact) mass is 141 g/mol. The van der Waals surface area contributed by atoms with E-state index in [2.05, 4.69) is 12.7 Å². The molecule has 0 heterocycles. The van der Waals surface area contributed by atoms with Gasteiger partial charge in [-0.25, -0.2) is 4.39 Å². The lowest BCUT2D eigenvalue weighted by Crippen LogP contribution is -2.03. The van der Waals surface area contributed by atoms with E-state index in [4.69, 9.17) is 0 Å². The highest BCUT2D eigenvalue weighted by atomic mass is 19.1.